The number of carbonyl (C=O) groups is 1. The lowest BCUT2D eigenvalue weighted by atomic mass is 9.85. The number of hydrogen-bond acceptors (Lipinski definition) is 2. The maximum atomic E-state index is 11.8. The van der Waals surface area contributed by atoms with Crippen molar-refractivity contribution in [1.29, 1.82) is 0 Å². The first-order valence-electron chi connectivity index (χ1n) is 5.15. The van der Waals surface area contributed by atoms with Crippen molar-refractivity contribution in [3.05, 3.63) is 24.3 Å². The van der Waals surface area contributed by atoms with E-state index in [9.17, 15) is 4.79 Å². The summed E-state index contributed by atoms with van der Waals surface area (Å²) in [6.07, 6.45) is 0. The summed E-state index contributed by atoms with van der Waals surface area (Å²) in [7, 11) is 0. The highest BCUT2D eigenvalue weighted by Gasteiger charge is 2.34. The molecule has 2 N–H and O–H groups in total. The molecule has 1 atom stereocenters. The molecule has 15 heavy (non-hydrogen) atoms. The molecule has 3 nitrogen and oxygen atoms in total. The van der Waals surface area contributed by atoms with Crippen LogP contribution in [0.1, 0.15) is 20.8 Å². The topological polar surface area (TPSA) is 41.1 Å². The molecular formula is C12H16N2O. The lowest BCUT2D eigenvalue weighted by Crippen LogP contribution is -2.47. The first kappa shape index (κ1) is 10.0. The van der Waals surface area contributed by atoms with Crippen molar-refractivity contribution in [2.75, 3.05) is 10.6 Å². The van der Waals surface area contributed by atoms with Gasteiger partial charge >= 0.3 is 0 Å². The Morgan fingerprint density at radius 3 is 2.33 bits per heavy atom. The molecule has 0 fully saturated rings. The third kappa shape index (κ3) is 1.82. The van der Waals surface area contributed by atoms with Gasteiger partial charge in [-0.2, -0.15) is 0 Å². The fraction of sp³-hybridized carbons (Fsp3) is 0.417. The number of anilines is 2. The lowest BCUT2D eigenvalue weighted by Gasteiger charge is -2.35. The average Bonchev–Trinajstić information content (AvgIpc) is 2.15. The predicted molar refractivity (Wildman–Crippen MR) is 61.9 cm³/mol. The van der Waals surface area contributed by atoms with E-state index in [1.807, 2.05) is 24.3 Å². The molecule has 3 heteroatoms. The Balaban J connectivity index is 2.34. The summed E-state index contributed by atoms with van der Waals surface area (Å²) in [6.45, 7) is 6.16. The lowest BCUT2D eigenvalue weighted by molar-refractivity contribution is -0.119. The van der Waals surface area contributed by atoms with Gasteiger partial charge in [-0.3, -0.25) is 4.79 Å². The van der Waals surface area contributed by atoms with Gasteiger partial charge in [0.2, 0.25) is 5.91 Å². The molecule has 0 unspecified atom stereocenters. The molecule has 1 amide bonds. The molecule has 80 valence electrons. The normalized spacial score (nSPS) is 20.2. The van der Waals surface area contributed by atoms with Crippen LogP contribution >= 0.6 is 0 Å². The summed E-state index contributed by atoms with van der Waals surface area (Å²) in [4.78, 5) is 11.8. The number of carbonyl (C=O) groups excluding carboxylic acids is 1. The van der Waals surface area contributed by atoms with E-state index < -0.39 is 0 Å². The minimum Gasteiger partial charge on any atom is -0.372 e. The number of hydrogen-bond donors (Lipinski definition) is 2. The zero-order valence-electron chi connectivity index (χ0n) is 9.29. The quantitative estimate of drug-likeness (QED) is 0.681. The van der Waals surface area contributed by atoms with E-state index in [2.05, 4.69) is 31.4 Å². The van der Waals surface area contributed by atoms with Crippen LogP contribution in [0.5, 0.6) is 0 Å². The summed E-state index contributed by atoms with van der Waals surface area (Å²) in [5, 5.41) is 6.19. The zero-order valence-corrected chi connectivity index (χ0v) is 9.29. The van der Waals surface area contributed by atoms with Gasteiger partial charge in [0.1, 0.15) is 6.04 Å². The summed E-state index contributed by atoms with van der Waals surface area (Å²) >= 11 is 0. The zero-order chi connectivity index (χ0) is 11.1. The molecule has 1 heterocycles. The highest BCUT2D eigenvalue weighted by molar-refractivity contribution is 6.03. The highest BCUT2D eigenvalue weighted by atomic mass is 16.2. The van der Waals surface area contributed by atoms with Gasteiger partial charge in [0.05, 0.1) is 11.4 Å². The SMILES string of the molecule is CC(C)(C)[C@@H]1Nc2ccccc2NC1=O. The van der Waals surface area contributed by atoms with Crippen molar-refractivity contribution in [2.24, 2.45) is 5.41 Å². The second-order valence-electron chi connectivity index (χ2n) is 4.98. The molecular weight excluding hydrogens is 188 g/mol. The number of para-hydroxylation sites is 2. The van der Waals surface area contributed by atoms with Crippen LogP contribution in [0.3, 0.4) is 0 Å². The second kappa shape index (κ2) is 3.26. The minimum absolute atomic E-state index is 0.0428. The number of amides is 1. The van der Waals surface area contributed by atoms with E-state index in [4.69, 9.17) is 0 Å². The van der Waals surface area contributed by atoms with Gasteiger partial charge in [-0.1, -0.05) is 32.9 Å². The van der Waals surface area contributed by atoms with Crippen molar-refractivity contribution < 1.29 is 4.79 Å². The van der Waals surface area contributed by atoms with Crippen LogP contribution in [0.2, 0.25) is 0 Å². The number of nitrogens with one attached hydrogen (secondary N) is 2. The van der Waals surface area contributed by atoms with Gasteiger partial charge in [0.15, 0.2) is 0 Å². The highest BCUT2D eigenvalue weighted by Crippen LogP contribution is 2.32. The van der Waals surface area contributed by atoms with Crippen molar-refractivity contribution in [1.82, 2.24) is 0 Å². The van der Waals surface area contributed by atoms with Gasteiger partial charge in [-0.05, 0) is 17.5 Å². The van der Waals surface area contributed by atoms with Gasteiger partial charge in [-0.25, -0.2) is 0 Å². The fourth-order valence-electron chi connectivity index (χ4n) is 1.75. The Bertz CT molecular complexity index is 393. The van der Waals surface area contributed by atoms with Crippen LogP contribution in [0.15, 0.2) is 24.3 Å². The Hall–Kier alpha value is -1.51. The van der Waals surface area contributed by atoms with E-state index in [-0.39, 0.29) is 17.4 Å². The number of rotatable bonds is 0. The van der Waals surface area contributed by atoms with Gasteiger partial charge in [0.25, 0.3) is 0 Å². The molecule has 1 aromatic carbocycles. The maximum Gasteiger partial charge on any atom is 0.247 e. The monoisotopic (exact) mass is 204 g/mol. The molecule has 0 radical (unpaired) electrons. The molecule has 0 aliphatic carbocycles. The number of fused-ring (bicyclic) bond motifs is 1. The van der Waals surface area contributed by atoms with Crippen molar-refractivity contribution in [2.45, 2.75) is 26.8 Å². The number of benzene rings is 1. The van der Waals surface area contributed by atoms with Crippen LogP contribution in [-0.2, 0) is 4.79 Å². The molecule has 0 saturated carbocycles. The van der Waals surface area contributed by atoms with E-state index >= 15 is 0 Å². The molecule has 0 spiro atoms. The van der Waals surface area contributed by atoms with E-state index in [1.54, 1.807) is 0 Å². The van der Waals surface area contributed by atoms with Gasteiger partial charge in [-0.15, -0.1) is 0 Å². The Morgan fingerprint density at radius 2 is 1.73 bits per heavy atom. The largest absolute Gasteiger partial charge is 0.372 e. The van der Waals surface area contributed by atoms with Crippen molar-refractivity contribution in [3.63, 3.8) is 0 Å². The van der Waals surface area contributed by atoms with Crippen LogP contribution < -0.4 is 10.6 Å². The molecule has 2 rings (SSSR count). The first-order valence-corrected chi connectivity index (χ1v) is 5.15. The standard InChI is InChI=1S/C12H16N2O/c1-12(2,3)10-11(15)14-9-7-5-4-6-8(9)13-10/h4-7,10,13H,1-3H3,(H,14,15)/t10-/m1/s1. The summed E-state index contributed by atoms with van der Waals surface area (Å²) < 4.78 is 0. The van der Waals surface area contributed by atoms with Crippen molar-refractivity contribution in [3.8, 4) is 0 Å². The van der Waals surface area contributed by atoms with E-state index in [0.29, 0.717) is 0 Å². The van der Waals surface area contributed by atoms with E-state index in [0.717, 1.165) is 11.4 Å². The Kier molecular flexibility index (Phi) is 2.18. The van der Waals surface area contributed by atoms with Crippen molar-refractivity contribution >= 4 is 17.3 Å². The first-order chi connectivity index (χ1) is 6.98. The Morgan fingerprint density at radius 1 is 1.13 bits per heavy atom. The molecule has 1 aromatic rings. The third-order valence-corrected chi connectivity index (χ3v) is 2.61. The van der Waals surface area contributed by atoms with Crippen LogP contribution in [0.25, 0.3) is 0 Å². The van der Waals surface area contributed by atoms with Gasteiger partial charge in [0, 0.05) is 0 Å². The van der Waals surface area contributed by atoms with Crippen LogP contribution in [0, 0.1) is 5.41 Å². The Labute approximate surface area is 89.9 Å². The molecule has 1 aliphatic heterocycles. The minimum atomic E-state index is -0.174. The molecule has 0 aromatic heterocycles. The van der Waals surface area contributed by atoms with Gasteiger partial charge < -0.3 is 10.6 Å². The predicted octanol–water partition coefficient (Wildman–Crippen LogP) is 2.47. The second-order valence-corrected chi connectivity index (χ2v) is 4.98. The summed E-state index contributed by atoms with van der Waals surface area (Å²) in [5.74, 6) is 0.0428. The average molecular weight is 204 g/mol. The molecule has 0 saturated heterocycles. The van der Waals surface area contributed by atoms with Crippen LogP contribution in [-0.4, -0.2) is 11.9 Å². The molecule has 0 bridgehead atoms. The summed E-state index contributed by atoms with van der Waals surface area (Å²) in [6, 6.07) is 7.58. The third-order valence-electron chi connectivity index (χ3n) is 2.61. The smallest absolute Gasteiger partial charge is 0.247 e. The fourth-order valence-corrected chi connectivity index (χ4v) is 1.75. The summed E-state index contributed by atoms with van der Waals surface area (Å²) in [5.41, 5.74) is 1.78. The van der Waals surface area contributed by atoms with E-state index in [1.165, 1.54) is 0 Å². The maximum absolute atomic E-state index is 11.8. The van der Waals surface area contributed by atoms with Crippen LogP contribution in [0.4, 0.5) is 11.4 Å². The molecule has 1 aliphatic rings.